The van der Waals surface area contributed by atoms with Crippen molar-refractivity contribution in [3.8, 4) is 5.75 Å². The molecule has 0 aliphatic carbocycles. The zero-order chi connectivity index (χ0) is 11.8. The van der Waals surface area contributed by atoms with Crippen LogP contribution in [0, 0.1) is 0 Å². The quantitative estimate of drug-likeness (QED) is 0.697. The van der Waals surface area contributed by atoms with E-state index in [4.69, 9.17) is 4.74 Å². The molecule has 0 bridgehead atoms. The van der Waals surface area contributed by atoms with Gasteiger partial charge < -0.3 is 4.74 Å². The third kappa shape index (κ3) is 5.32. The lowest BCUT2D eigenvalue weighted by Crippen LogP contribution is -2.29. The van der Waals surface area contributed by atoms with Crippen LogP contribution in [0.3, 0.4) is 0 Å². The van der Waals surface area contributed by atoms with Crippen molar-refractivity contribution in [2.75, 3.05) is 31.6 Å². The van der Waals surface area contributed by atoms with E-state index in [-0.39, 0.29) is 0 Å². The molecule has 1 rings (SSSR count). The first-order chi connectivity index (χ1) is 7.76. The summed E-state index contributed by atoms with van der Waals surface area (Å²) in [6, 6.07) is 7.94. The van der Waals surface area contributed by atoms with Crippen molar-refractivity contribution in [2.45, 2.75) is 6.92 Å². The monoisotopic (exact) mass is 349 g/mol. The smallest absolute Gasteiger partial charge is 0.120 e. The molecular weight excluding hydrogens is 334 g/mol. The minimum Gasteiger partial charge on any atom is -0.492 e. The topological polar surface area (TPSA) is 12.5 Å². The normalized spacial score (nSPS) is 10.8. The summed E-state index contributed by atoms with van der Waals surface area (Å²) in [5.41, 5.74) is 0. The van der Waals surface area contributed by atoms with E-state index in [9.17, 15) is 0 Å². The van der Waals surface area contributed by atoms with Gasteiger partial charge in [0.2, 0.25) is 0 Å². The van der Waals surface area contributed by atoms with Crippen LogP contribution >= 0.6 is 31.9 Å². The minimum atomic E-state index is 0.733. The zero-order valence-corrected chi connectivity index (χ0v) is 12.6. The fourth-order valence-electron chi connectivity index (χ4n) is 1.40. The fourth-order valence-corrected chi connectivity index (χ4v) is 2.28. The van der Waals surface area contributed by atoms with E-state index in [1.165, 1.54) is 0 Å². The Kier molecular flexibility index (Phi) is 7.08. The molecule has 1 aromatic carbocycles. The van der Waals surface area contributed by atoms with Crippen LogP contribution in [0.15, 0.2) is 28.7 Å². The molecule has 2 nitrogen and oxygen atoms in total. The molecule has 0 saturated heterocycles. The second-order valence-electron chi connectivity index (χ2n) is 3.43. The van der Waals surface area contributed by atoms with Crippen LogP contribution in [-0.4, -0.2) is 36.5 Å². The predicted octanol–water partition coefficient (Wildman–Crippen LogP) is 3.54. The molecule has 0 atom stereocenters. The highest BCUT2D eigenvalue weighted by atomic mass is 79.9. The van der Waals surface area contributed by atoms with Gasteiger partial charge >= 0.3 is 0 Å². The van der Waals surface area contributed by atoms with Gasteiger partial charge in [0.15, 0.2) is 0 Å². The number of nitrogens with zero attached hydrogens (tertiary/aromatic N) is 1. The molecule has 4 heteroatoms. The van der Waals surface area contributed by atoms with Gasteiger partial charge in [-0.1, -0.05) is 44.8 Å². The second kappa shape index (κ2) is 8.09. The molecule has 1 aromatic rings. The average molecular weight is 351 g/mol. The summed E-state index contributed by atoms with van der Waals surface area (Å²) >= 11 is 6.87. The summed E-state index contributed by atoms with van der Waals surface area (Å²) < 4.78 is 6.73. The van der Waals surface area contributed by atoms with Crippen molar-refractivity contribution in [3.05, 3.63) is 28.7 Å². The van der Waals surface area contributed by atoms with Gasteiger partial charge in [0.25, 0.3) is 0 Å². The Morgan fingerprint density at radius 2 is 2.12 bits per heavy atom. The average Bonchev–Trinajstić information content (AvgIpc) is 2.28. The highest BCUT2D eigenvalue weighted by molar-refractivity contribution is 9.10. The third-order valence-corrected chi connectivity index (χ3v) is 3.17. The predicted molar refractivity (Wildman–Crippen MR) is 75.5 cm³/mol. The largest absolute Gasteiger partial charge is 0.492 e. The van der Waals surface area contributed by atoms with Gasteiger partial charge in [-0.3, -0.25) is 4.90 Å². The molecule has 0 aliphatic heterocycles. The Bertz CT molecular complexity index is 307. The highest BCUT2D eigenvalue weighted by Crippen LogP contribution is 2.17. The molecule has 0 spiro atoms. The summed E-state index contributed by atoms with van der Waals surface area (Å²) in [6.45, 7) is 6.00. The van der Waals surface area contributed by atoms with Crippen LogP contribution in [0.2, 0.25) is 0 Å². The molecular formula is C12H17Br2NO. The van der Waals surface area contributed by atoms with Crippen molar-refractivity contribution in [1.82, 2.24) is 4.90 Å². The molecule has 0 aromatic heterocycles. The molecule has 0 unspecified atom stereocenters. The zero-order valence-electron chi connectivity index (χ0n) is 9.46. The van der Waals surface area contributed by atoms with Gasteiger partial charge in [-0.25, -0.2) is 0 Å². The second-order valence-corrected chi connectivity index (χ2v) is 5.14. The van der Waals surface area contributed by atoms with E-state index in [1.807, 2.05) is 24.3 Å². The Balaban J connectivity index is 2.29. The molecule has 0 fully saturated rings. The lowest BCUT2D eigenvalue weighted by atomic mass is 10.3. The first kappa shape index (κ1) is 14.0. The third-order valence-electron chi connectivity index (χ3n) is 2.32. The summed E-state index contributed by atoms with van der Waals surface area (Å²) in [5.74, 6) is 0.921. The van der Waals surface area contributed by atoms with Gasteiger partial charge in [-0.2, -0.15) is 0 Å². The van der Waals surface area contributed by atoms with Gasteiger partial charge in [0.1, 0.15) is 12.4 Å². The van der Waals surface area contributed by atoms with Crippen molar-refractivity contribution in [3.63, 3.8) is 0 Å². The van der Waals surface area contributed by atoms with Crippen LogP contribution in [0.25, 0.3) is 0 Å². The van der Waals surface area contributed by atoms with Gasteiger partial charge in [0, 0.05) is 22.9 Å². The number of benzene rings is 1. The van der Waals surface area contributed by atoms with E-state index in [0.717, 1.165) is 41.8 Å². The summed E-state index contributed by atoms with van der Waals surface area (Å²) in [4.78, 5) is 2.35. The SMILES string of the molecule is CCN(CCBr)CCOc1cccc(Br)c1. The maximum Gasteiger partial charge on any atom is 0.120 e. The molecule has 0 heterocycles. The molecule has 90 valence electrons. The van der Waals surface area contributed by atoms with E-state index in [0.29, 0.717) is 0 Å². The van der Waals surface area contributed by atoms with Gasteiger partial charge in [0.05, 0.1) is 0 Å². The maximum atomic E-state index is 5.68. The molecule has 0 N–H and O–H groups in total. The molecule has 16 heavy (non-hydrogen) atoms. The molecule has 0 saturated carbocycles. The van der Waals surface area contributed by atoms with Crippen LogP contribution < -0.4 is 4.74 Å². The number of likely N-dealkylation sites (N-methyl/N-ethyl adjacent to an activating group) is 1. The Labute approximate surface area is 114 Å². The summed E-state index contributed by atoms with van der Waals surface area (Å²) in [7, 11) is 0. The molecule has 0 aliphatic rings. The van der Waals surface area contributed by atoms with E-state index in [1.54, 1.807) is 0 Å². The number of rotatable bonds is 7. The van der Waals surface area contributed by atoms with Crippen molar-refractivity contribution >= 4 is 31.9 Å². The van der Waals surface area contributed by atoms with E-state index in [2.05, 4.69) is 43.7 Å². The lowest BCUT2D eigenvalue weighted by molar-refractivity contribution is 0.224. The minimum absolute atomic E-state index is 0.733. The Morgan fingerprint density at radius 3 is 2.75 bits per heavy atom. The maximum absolute atomic E-state index is 5.68. The van der Waals surface area contributed by atoms with Crippen LogP contribution in [0.1, 0.15) is 6.92 Å². The van der Waals surface area contributed by atoms with E-state index < -0.39 is 0 Å². The van der Waals surface area contributed by atoms with Gasteiger partial charge in [-0.15, -0.1) is 0 Å². The molecule has 0 amide bonds. The van der Waals surface area contributed by atoms with Crippen LogP contribution in [0.5, 0.6) is 5.75 Å². The number of halogens is 2. The van der Waals surface area contributed by atoms with Crippen molar-refractivity contribution < 1.29 is 4.74 Å². The van der Waals surface area contributed by atoms with E-state index >= 15 is 0 Å². The van der Waals surface area contributed by atoms with Crippen LogP contribution in [-0.2, 0) is 0 Å². The van der Waals surface area contributed by atoms with Crippen LogP contribution in [0.4, 0.5) is 0 Å². The van der Waals surface area contributed by atoms with Gasteiger partial charge in [-0.05, 0) is 24.7 Å². The number of hydrogen-bond donors (Lipinski definition) is 0. The Morgan fingerprint density at radius 1 is 1.31 bits per heavy atom. The number of hydrogen-bond acceptors (Lipinski definition) is 2. The lowest BCUT2D eigenvalue weighted by Gasteiger charge is -2.19. The molecule has 0 radical (unpaired) electrons. The summed E-state index contributed by atoms with van der Waals surface area (Å²) in [6.07, 6.45) is 0. The first-order valence-corrected chi connectivity index (χ1v) is 7.34. The van der Waals surface area contributed by atoms with Crippen molar-refractivity contribution in [1.29, 1.82) is 0 Å². The fraction of sp³-hybridized carbons (Fsp3) is 0.500. The summed E-state index contributed by atoms with van der Waals surface area (Å²) in [5, 5.41) is 1.01. The number of alkyl halides is 1. The highest BCUT2D eigenvalue weighted by Gasteiger charge is 2.01. The standard InChI is InChI=1S/C12H17Br2NO/c1-2-15(7-6-13)8-9-16-12-5-3-4-11(14)10-12/h3-5,10H,2,6-9H2,1H3. The van der Waals surface area contributed by atoms with Crippen molar-refractivity contribution in [2.24, 2.45) is 0 Å². The number of ether oxygens (including phenoxy) is 1. The first-order valence-electron chi connectivity index (χ1n) is 5.43. The Hall–Kier alpha value is -0.0600.